The number of amides is 1. The maximum atomic E-state index is 13.4. The Bertz CT molecular complexity index is 1300. The number of hydrogen-bond donors (Lipinski definition) is 1. The van der Waals surface area contributed by atoms with Crippen LogP contribution in [0.25, 0.3) is 10.9 Å². The number of Topliss-reactive ketones (excluding diaryl/α,β-unsaturated/α-hetero) is 1. The predicted octanol–water partition coefficient (Wildman–Crippen LogP) is 5.74. The fourth-order valence-electron chi connectivity index (χ4n) is 4.25. The molecule has 0 bridgehead atoms. The molecule has 1 amide bonds. The highest BCUT2D eigenvalue weighted by molar-refractivity contribution is 7.99. The topological polar surface area (TPSA) is 81.1 Å². The first-order valence-corrected chi connectivity index (χ1v) is 13.4. The number of halogens is 1. The third kappa shape index (κ3) is 6.33. The molecule has 184 valence electrons. The molecule has 0 aliphatic heterocycles. The van der Waals surface area contributed by atoms with Gasteiger partial charge in [0.1, 0.15) is 0 Å². The SMILES string of the molecule is CC(C)CCn1c(SCC(=O)c2cccc(Cl)c2)nc2cc(C(=O)NC3CCCC3)ccc2c1=O. The second-order valence-electron chi connectivity index (χ2n) is 9.44. The highest BCUT2D eigenvalue weighted by atomic mass is 35.5. The zero-order valence-electron chi connectivity index (χ0n) is 20.1. The van der Waals surface area contributed by atoms with Gasteiger partial charge in [0.25, 0.3) is 11.5 Å². The smallest absolute Gasteiger partial charge is 0.262 e. The molecule has 8 heteroatoms. The Balaban J connectivity index is 1.64. The van der Waals surface area contributed by atoms with E-state index in [2.05, 4.69) is 19.2 Å². The molecule has 1 heterocycles. The molecule has 35 heavy (non-hydrogen) atoms. The molecule has 4 rings (SSSR count). The molecule has 2 aromatic carbocycles. The number of rotatable bonds is 9. The average molecular weight is 512 g/mol. The van der Waals surface area contributed by atoms with E-state index >= 15 is 0 Å². The first-order valence-electron chi connectivity index (χ1n) is 12.1. The monoisotopic (exact) mass is 511 g/mol. The number of nitrogens with zero attached hydrogens (tertiary/aromatic N) is 2. The normalized spacial score (nSPS) is 14.1. The average Bonchev–Trinajstić information content (AvgIpc) is 3.34. The van der Waals surface area contributed by atoms with Crippen molar-refractivity contribution in [1.29, 1.82) is 0 Å². The van der Waals surface area contributed by atoms with Crippen LogP contribution in [0.2, 0.25) is 5.02 Å². The van der Waals surface area contributed by atoms with Crippen molar-refractivity contribution in [2.24, 2.45) is 5.92 Å². The summed E-state index contributed by atoms with van der Waals surface area (Å²) in [6.45, 7) is 4.71. The van der Waals surface area contributed by atoms with Crippen molar-refractivity contribution in [3.63, 3.8) is 0 Å². The summed E-state index contributed by atoms with van der Waals surface area (Å²) in [7, 11) is 0. The lowest BCUT2D eigenvalue weighted by molar-refractivity contribution is 0.0937. The van der Waals surface area contributed by atoms with Crippen LogP contribution < -0.4 is 10.9 Å². The highest BCUT2D eigenvalue weighted by Gasteiger charge is 2.20. The van der Waals surface area contributed by atoms with E-state index < -0.39 is 0 Å². The van der Waals surface area contributed by atoms with Gasteiger partial charge >= 0.3 is 0 Å². The summed E-state index contributed by atoms with van der Waals surface area (Å²) in [5.41, 5.74) is 1.32. The number of hydrogen-bond acceptors (Lipinski definition) is 5. The fourth-order valence-corrected chi connectivity index (χ4v) is 5.36. The van der Waals surface area contributed by atoms with Crippen LogP contribution in [0.1, 0.15) is 66.7 Å². The molecular formula is C27H30ClN3O3S. The number of carbonyl (C=O) groups is 2. The second kappa shape index (κ2) is 11.4. The number of fused-ring (bicyclic) bond motifs is 1. The summed E-state index contributed by atoms with van der Waals surface area (Å²) >= 11 is 7.27. The minimum atomic E-state index is -0.156. The van der Waals surface area contributed by atoms with E-state index in [-0.39, 0.29) is 29.0 Å². The number of carbonyl (C=O) groups excluding carboxylic acids is 2. The van der Waals surface area contributed by atoms with E-state index in [4.69, 9.17) is 16.6 Å². The molecule has 1 aliphatic carbocycles. The Morgan fingerprint density at radius 3 is 2.63 bits per heavy atom. The van der Waals surface area contributed by atoms with Crippen LogP contribution in [-0.2, 0) is 6.54 Å². The molecule has 0 saturated heterocycles. The summed E-state index contributed by atoms with van der Waals surface area (Å²) in [5, 5.41) is 4.53. The van der Waals surface area contributed by atoms with Gasteiger partial charge < -0.3 is 5.32 Å². The minimum Gasteiger partial charge on any atom is -0.349 e. The van der Waals surface area contributed by atoms with Crippen LogP contribution in [-0.4, -0.2) is 33.0 Å². The summed E-state index contributed by atoms with van der Waals surface area (Å²) in [5.74, 6) is 0.300. The van der Waals surface area contributed by atoms with E-state index in [1.807, 2.05) is 0 Å². The molecule has 1 saturated carbocycles. The summed E-state index contributed by atoms with van der Waals surface area (Å²) in [6, 6.07) is 12.1. The third-order valence-electron chi connectivity index (χ3n) is 6.28. The van der Waals surface area contributed by atoms with Crippen molar-refractivity contribution in [1.82, 2.24) is 14.9 Å². The van der Waals surface area contributed by atoms with Crippen LogP contribution in [0.3, 0.4) is 0 Å². The van der Waals surface area contributed by atoms with Gasteiger partial charge in [-0.1, -0.05) is 62.2 Å². The molecule has 3 aromatic rings. The Morgan fingerprint density at radius 1 is 1.14 bits per heavy atom. The molecule has 0 spiro atoms. The first-order chi connectivity index (χ1) is 16.8. The fraction of sp³-hybridized carbons (Fsp3) is 0.407. The lowest BCUT2D eigenvalue weighted by Crippen LogP contribution is -2.32. The van der Waals surface area contributed by atoms with Gasteiger partial charge in [0.05, 0.1) is 16.7 Å². The molecule has 1 fully saturated rings. The molecule has 1 aliphatic rings. The van der Waals surface area contributed by atoms with Gasteiger partial charge in [0, 0.05) is 28.7 Å². The zero-order chi connectivity index (χ0) is 24.9. The van der Waals surface area contributed by atoms with E-state index in [1.54, 1.807) is 47.0 Å². The van der Waals surface area contributed by atoms with Crippen LogP contribution >= 0.6 is 23.4 Å². The Labute approximate surface area is 214 Å². The number of thioether (sulfide) groups is 1. The highest BCUT2D eigenvalue weighted by Crippen LogP contribution is 2.23. The number of nitrogens with one attached hydrogen (secondary N) is 1. The van der Waals surface area contributed by atoms with Crippen molar-refractivity contribution >= 4 is 46.0 Å². The maximum Gasteiger partial charge on any atom is 0.262 e. The van der Waals surface area contributed by atoms with Crippen LogP contribution in [0.15, 0.2) is 52.4 Å². The Kier molecular flexibility index (Phi) is 8.29. The van der Waals surface area contributed by atoms with Crippen molar-refractivity contribution in [3.05, 3.63) is 69.0 Å². The Hall–Kier alpha value is -2.64. The van der Waals surface area contributed by atoms with Crippen molar-refractivity contribution in [2.45, 2.75) is 63.7 Å². The molecule has 0 atom stereocenters. The van der Waals surface area contributed by atoms with Crippen molar-refractivity contribution in [2.75, 3.05) is 5.75 Å². The lowest BCUT2D eigenvalue weighted by atomic mass is 10.1. The van der Waals surface area contributed by atoms with Crippen LogP contribution in [0.4, 0.5) is 0 Å². The molecule has 0 radical (unpaired) electrons. The van der Waals surface area contributed by atoms with E-state index in [1.165, 1.54) is 11.8 Å². The minimum absolute atomic E-state index is 0.0908. The van der Waals surface area contributed by atoms with Crippen molar-refractivity contribution in [3.8, 4) is 0 Å². The first kappa shape index (κ1) is 25.5. The van der Waals surface area contributed by atoms with E-state index in [0.717, 1.165) is 32.1 Å². The van der Waals surface area contributed by atoms with E-state index in [0.29, 0.717) is 44.7 Å². The quantitative estimate of drug-likeness (QED) is 0.225. The van der Waals surface area contributed by atoms with Crippen LogP contribution in [0.5, 0.6) is 0 Å². The van der Waals surface area contributed by atoms with E-state index in [9.17, 15) is 14.4 Å². The zero-order valence-corrected chi connectivity index (χ0v) is 21.6. The van der Waals surface area contributed by atoms with Gasteiger partial charge in [0.2, 0.25) is 0 Å². The van der Waals surface area contributed by atoms with Crippen LogP contribution in [0, 0.1) is 5.92 Å². The van der Waals surface area contributed by atoms with Gasteiger partial charge in [-0.25, -0.2) is 4.98 Å². The number of aromatic nitrogens is 2. The van der Waals surface area contributed by atoms with Gasteiger partial charge in [-0.3, -0.25) is 19.0 Å². The number of ketones is 1. The van der Waals surface area contributed by atoms with Gasteiger partial charge in [-0.15, -0.1) is 0 Å². The summed E-state index contributed by atoms with van der Waals surface area (Å²) in [4.78, 5) is 43.7. The lowest BCUT2D eigenvalue weighted by Gasteiger charge is -2.15. The predicted molar refractivity (Wildman–Crippen MR) is 142 cm³/mol. The largest absolute Gasteiger partial charge is 0.349 e. The van der Waals surface area contributed by atoms with Gasteiger partial charge in [0.15, 0.2) is 10.9 Å². The molecule has 6 nitrogen and oxygen atoms in total. The summed E-state index contributed by atoms with van der Waals surface area (Å²) < 4.78 is 1.65. The standard InChI is InChI=1S/C27H30ClN3O3S/c1-17(2)12-13-31-26(34)22-11-10-19(25(33)29-21-8-3-4-9-21)15-23(22)30-27(31)35-16-24(32)18-6-5-7-20(28)14-18/h5-7,10-11,14-15,17,21H,3-4,8-9,12-13,16H2,1-2H3,(H,29,33). The molecular weight excluding hydrogens is 482 g/mol. The molecule has 1 aromatic heterocycles. The maximum absolute atomic E-state index is 13.4. The Morgan fingerprint density at radius 2 is 1.91 bits per heavy atom. The molecule has 1 N–H and O–H groups in total. The second-order valence-corrected chi connectivity index (χ2v) is 10.8. The third-order valence-corrected chi connectivity index (χ3v) is 7.49. The van der Waals surface area contributed by atoms with Gasteiger partial charge in [-0.2, -0.15) is 0 Å². The van der Waals surface area contributed by atoms with Gasteiger partial charge in [-0.05, 0) is 55.5 Å². The summed E-state index contributed by atoms with van der Waals surface area (Å²) in [6.07, 6.45) is 5.08. The molecule has 0 unspecified atom stereocenters. The van der Waals surface area contributed by atoms with Crippen molar-refractivity contribution < 1.29 is 9.59 Å². The number of benzene rings is 2.